The number of nitrogens with one attached hydrogen (secondary N) is 1. The van der Waals surface area contributed by atoms with E-state index in [0.29, 0.717) is 12.1 Å². The fraction of sp³-hybridized carbons (Fsp3) is 0.0909. The van der Waals surface area contributed by atoms with Gasteiger partial charge in [-0.1, -0.05) is 22.0 Å². The van der Waals surface area contributed by atoms with Crippen molar-refractivity contribution in [3.63, 3.8) is 0 Å². The maximum Gasteiger partial charge on any atom is 0.251 e. The molecule has 0 saturated heterocycles. The minimum atomic E-state index is -0.0866. The van der Waals surface area contributed by atoms with Gasteiger partial charge in [0.2, 0.25) is 0 Å². The summed E-state index contributed by atoms with van der Waals surface area (Å²) in [6, 6.07) is 7.29. The molecule has 82 valence electrons. The number of rotatable bonds is 3. The van der Waals surface area contributed by atoms with Crippen LogP contribution in [-0.2, 0) is 6.54 Å². The maximum absolute atomic E-state index is 11.7. The highest BCUT2D eigenvalue weighted by molar-refractivity contribution is 9.10. The van der Waals surface area contributed by atoms with Gasteiger partial charge in [-0.05, 0) is 18.2 Å². The fourth-order valence-electron chi connectivity index (χ4n) is 1.23. The van der Waals surface area contributed by atoms with Gasteiger partial charge in [-0.25, -0.2) is 4.98 Å². The second-order valence-electron chi connectivity index (χ2n) is 3.12. The monoisotopic (exact) mass is 296 g/mol. The number of carbonyl (C=O) groups is 1. The molecule has 5 heteroatoms. The number of aromatic nitrogens is 1. The van der Waals surface area contributed by atoms with Crippen LogP contribution >= 0.6 is 27.3 Å². The lowest BCUT2D eigenvalue weighted by Crippen LogP contribution is -2.22. The van der Waals surface area contributed by atoms with Crippen LogP contribution in [0.1, 0.15) is 15.4 Å². The van der Waals surface area contributed by atoms with Crippen molar-refractivity contribution >= 4 is 33.2 Å². The van der Waals surface area contributed by atoms with Crippen molar-refractivity contribution in [2.45, 2.75) is 6.54 Å². The predicted octanol–water partition coefficient (Wildman–Crippen LogP) is 2.84. The first kappa shape index (κ1) is 11.3. The highest BCUT2D eigenvalue weighted by Crippen LogP contribution is 2.11. The van der Waals surface area contributed by atoms with Crippen molar-refractivity contribution in [2.24, 2.45) is 0 Å². The third kappa shape index (κ3) is 2.90. The normalized spacial score (nSPS) is 10.1. The number of thiazole rings is 1. The standard InChI is InChI=1S/C11H9BrN2OS/c12-9-3-1-2-8(6-9)11(15)14-7-10-13-4-5-16-10/h1-6H,7H2,(H,14,15). The molecule has 1 aromatic heterocycles. The Bertz CT molecular complexity index is 484. The Kier molecular flexibility index (Phi) is 3.69. The lowest BCUT2D eigenvalue weighted by Gasteiger charge is -2.03. The van der Waals surface area contributed by atoms with Gasteiger partial charge in [0.25, 0.3) is 5.91 Å². The average molecular weight is 297 g/mol. The lowest BCUT2D eigenvalue weighted by atomic mass is 10.2. The van der Waals surface area contributed by atoms with Crippen LogP contribution < -0.4 is 5.32 Å². The molecule has 0 aliphatic carbocycles. The van der Waals surface area contributed by atoms with Crippen molar-refractivity contribution in [3.05, 3.63) is 50.9 Å². The molecule has 1 heterocycles. The molecular formula is C11H9BrN2OS. The summed E-state index contributed by atoms with van der Waals surface area (Å²) >= 11 is 4.86. The van der Waals surface area contributed by atoms with Gasteiger partial charge in [-0.2, -0.15) is 0 Å². The maximum atomic E-state index is 11.7. The first-order chi connectivity index (χ1) is 7.75. The summed E-state index contributed by atoms with van der Waals surface area (Å²) in [5.74, 6) is -0.0866. The molecule has 0 radical (unpaired) electrons. The predicted molar refractivity (Wildman–Crippen MR) is 67.4 cm³/mol. The summed E-state index contributed by atoms with van der Waals surface area (Å²) in [5, 5.41) is 5.61. The van der Waals surface area contributed by atoms with Gasteiger partial charge in [0.1, 0.15) is 5.01 Å². The summed E-state index contributed by atoms with van der Waals surface area (Å²) in [6.45, 7) is 0.475. The number of amides is 1. The van der Waals surface area contributed by atoms with Crippen LogP contribution in [-0.4, -0.2) is 10.9 Å². The van der Waals surface area contributed by atoms with Gasteiger partial charge >= 0.3 is 0 Å². The Labute approximate surface area is 106 Å². The Morgan fingerprint density at radius 1 is 1.50 bits per heavy atom. The topological polar surface area (TPSA) is 42.0 Å². The molecule has 0 aliphatic rings. The van der Waals surface area contributed by atoms with E-state index in [1.165, 1.54) is 11.3 Å². The molecule has 0 spiro atoms. The fourth-order valence-corrected chi connectivity index (χ4v) is 2.18. The van der Waals surface area contributed by atoms with E-state index in [1.807, 2.05) is 17.5 Å². The molecule has 0 saturated carbocycles. The Hall–Kier alpha value is -1.20. The molecule has 0 fully saturated rings. The third-order valence-electron chi connectivity index (χ3n) is 1.97. The number of nitrogens with zero attached hydrogens (tertiary/aromatic N) is 1. The second kappa shape index (κ2) is 5.23. The van der Waals surface area contributed by atoms with E-state index in [2.05, 4.69) is 26.2 Å². The zero-order valence-electron chi connectivity index (χ0n) is 8.31. The highest BCUT2D eigenvalue weighted by Gasteiger charge is 2.05. The summed E-state index contributed by atoms with van der Waals surface area (Å²) in [5.41, 5.74) is 0.644. The van der Waals surface area contributed by atoms with Crippen molar-refractivity contribution in [2.75, 3.05) is 0 Å². The van der Waals surface area contributed by atoms with Crippen molar-refractivity contribution in [1.29, 1.82) is 0 Å². The van der Waals surface area contributed by atoms with E-state index < -0.39 is 0 Å². The Balaban J connectivity index is 1.98. The highest BCUT2D eigenvalue weighted by atomic mass is 79.9. The summed E-state index contributed by atoms with van der Waals surface area (Å²) in [6.07, 6.45) is 1.73. The van der Waals surface area contributed by atoms with E-state index in [9.17, 15) is 4.79 Å². The van der Waals surface area contributed by atoms with Crippen LogP contribution in [0.15, 0.2) is 40.3 Å². The van der Waals surface area contributed by atoms with Gasteiger partial charge in [-0.3, -0.25) is 4.79 Å². The number of hydrogen-bond acceptors (Lipinski definition) is 3. The molecule has 2 aromatic rings. The van der Waals surface area contributed by atoms with Gasteiger partial charge in [0, 0.05) is 21.6 Å². The van der Waals surface area contributed by atoms with E-state index in [1.54, 1.807) is 18.3 Å². The van der Waals surface area contributed by atoms with Gasteiger partial charge in [-0.15, -0.1) is 11.3 Å². The van der Waals surface area contributed by atoms with Gasteiger partial charge in [0.05, 0.1) is 6.54 Å². The summed E-state index contributed by atoms with van der Waals surface area (Å²) in [4.78, 5) is 15.8. The lowest BCUT2D eigenvalue weighted by molar-refractivity contribution is 0.0951. The van der Waals surface area contributed by atoms with E-state index in [-0.39, 0.29) is 5.91 Å². The van der Waals surface area contributed by atoms with Crippen LogP contribution in [0.25, 0.3) is 0 Å². The number of carbonyl (C=O) groups excluding carboxylic acids is 1. The molecule has 0 bridgehead atoms. The van der Waals surface area contributed by atoms with E-state index >= 15 is 0 Å². The number of hydrogen-bond donors (Lipinski definition) is 1. The quantitative estimate of drug-likeness (QED) is 0.946. The summed E-state index contributed by atoms with van der Waals surface area (Å²) in [7, 11) is 0. The molecule has 0 atom stereocenters. The molecule has 0 aliphatic heterocycles. The van der Waals surface area contributed by atoms with Crippen molar-refractivity contribution in [1.82, 2.24) is 10.3 Å². The first-order valence-corrected chi connectivity index (χ1v) is 6.35. The van der Waals surface area contributed by atoms with Crippen LogP contribution in [0.3, 0.4) is 0 Å². The Morgan fingerprint density at radius 2 is 2.38 bits per heavy atom. The largest absolute Gasteiger partial charge is 0.346 e. The minimum Gasteiger partial charge on any atom is -0.346 e. The zero-order chi connectivity index (χ0) is 11.4. The van der Waals surface area contributed by atoms with E-state index in [4.69, 9.17) is 0 Å². The van der Waals surface area contributed by atoms with Gasteiger partial charge < -0.3 is 5.32 Å². The first-order valence-electron chi connectivity index (χ1n) is 4.68. The molecule has 1 amide bonds. The molecule has 16 heavy (non-hydrogen) atoms. The smallest absolute Gasteiger partial charge is 0.251 e. The Morgan fingerprint density at radius 3 is 3.06 bits per heavy atom. The molecule has 3 nitrogen and oxygen atoms in total. The van der Waals surface area contributed by atoms with Crippen LogP contribution in [0.4, 0.5) is 0 Å². The number of benzene rings is 1. The SMILES string of the molecule is O=C(NCc1nccs1)c1cccc(Br)c1. The molecule has 1 N–H and O–H groups in total. The summed E-state index contributed by atoms with van der Waals surface area (Å²) < 4.78 is 0.898. The molecular weight excluding hydrogens is 288 g/mol. The van der Waals surface area contributed by atoms with Crippen LogP contribution in [0, 0.1) is 0 Å². The van der Waals surface area contributed by atoms with Crippen LogP contribution in [0.5, 0.6) is 0 Å². The van der Waals surface area contributed by atoms with Gasteiger partial charge in [0.15, 0.2) is 0 Å². The number of halogens is 1. The minimum absolute atomic E-state index is 0.0866. The third-order valence-corrected chi connectivity index (χ3v) is 3.24. The zero-order valence-corrected chi connectivity index (χ0v) is 10.7. The second-order valence-corrected chi connectivity index (χ2v) is 5.01. The molecule has 1 aromatic carbocycles. The van der Waals surface area contributed by atoms with E-state index in [0.717, 1.165) is 9.48 Å². The van der Waals surface area contributed by atoms with Crippen molar-refractivity contribution in [3.8, 4) is 0 Å². The average Bonchev–Trinajstić information content (AvgIpc) is 2.78. The van der Waals surface area contributed by atoms with Crippen molar-refractivity contribution < 1.29 is 4.79 Å². The molecule has 2 rings (SSSR count). The molecule has 0 unspecified atom stereocenters. The van der Waals surface area contributed by atoms with Crippen LogP contribution in [0.2, 0.25) is 0 Å².